The second kappa shape index (κ2) is 11.4. The van der Waals surface area contributed by atoms with Crippen LogP contribution in [0.5, 0.6) is 5.75 Å². The van der Waals surface area contributed by atoms with Crippen molar-refractivity contribution in [3.8, 4) is 5.75 Å². The van der Waals surface area contributed by atoms with Crippen molar-refractivity contribution in [1.29, 1.82) is 0 Å². The molecule has 1 aliphatic heterocycles. The molecule has 1 aliphatic rings. The van der Waals surface area contributed by atoms with Crippen molar-refractivity contribution in [2.24, 2.45) is 0 Å². The summed E-state index contributed by atoms with van der Waals surface area (Å²) in [5, 5.41) is 8.81. The molecule has 0 bridgehead atoms. The van der Waals surface area contributed by atoms with Gasteiger partial charge in [0.05, 0.1) is 12.0 Å². The minimum Gasteiger partial charge on any atom is -0.487 e. The molecule has 4 nitrogen and oxygen atoms in total. The van der Waals surface area contributed by atoms with E-state index < -0.39 is 0 Å². The van der Waals surface area contributed by atoms with Crippen molar-refractivity contribution in [2.45, 2.75) is 25.4 Å². The third-order valence-electron chi connectivity index (χ3n) is 5.96. The Morgan fingerprint density at radius 3 is 2.47 bits per heavy atom. The van der Waals surface area contributed by atoms with E-state index in [1.165, 1.54) is 28.1 Å². The Morgan fingerprint density at radius 1 is 1.00 bits per heavy atom. The monoisotopic (exact) mass is 718 g/mol. The van der Waals surface area contributed by atoms with Gasteiger partial charge in [-0.2, -0.15) is 0 Å². The summed E-state index contributed by atoms with van der Waals surface area (Å²) >= 11 is 6.12. The summed E-state index contributed by atoms with van der Waals surface area (Å²) in [7, 11) is 0. The van der Waals surface area contributed by atoms with Gasteiger partial charge in [0.15, 0.2) is 5.50 Å². The largest absolute Gasteiger partial charge is 0.487 e. The van der Waals surface area contributed by atoms with Crippen molar-refractivity contribution in [3.05, 3.63) is 108 Å². The minimum atomic E-state index is -0.197. The number of rotatable bonds is 7. The molecule has 182 valence electrons. The van der Waals surface area contributed by atoms with Crippen LogP contribution in [0.3, 0.4) is 0 Å². The minimum absolute atomic E-state index is 0.0658. The fourth-order valence-corrected chi connectivity index (χ4v) is 7.19. The van der Waals surface area contributed by atoms with Crippen LogP contribution in [-0.2, 0) is 17.8 Å². The van der Waals surface area contributed by atoms with Gasteiger partial charge in [0, 0.05) is 5.69 Å². The van der Waals surface area contributed by atoms with Crippen molar-refractivity contribution < 1.29 is 9.53 Å². The number of hydrogen-bond donors (Lipinski definition) is 2. The second-order valence-electron chi connectivity index (χ2n) is 8.42. The molecule has 1 heterocycles. The number of halogens is 2. The first-order valence-electron chi connectivity index (χ1n) is 11.6. The maximum absolute atomic E-state index is 12.6. The Morgan fingerprint density at radius 2 is 1.72 bits per heavy atom. The predicted molar refractivity (Wildman–Crippen MR) is 167 cm³/mol. The van der Waals surface area contributed by atoms with Crippen molar-refractivity contribution in [3.63, 3.8) is 0 Å². The van der Waals surface area contributed by atoms with Crippen LogP contribution in [0.15, 0.2) is 83.8 Å². The molecule has 0 aromatic heterocycles. The van der Waals surface area contributed by atoms with Gasteiger partial charge in [-0.1, -0.05) is 73.3 Å². The lowest BCUT2D eigenvalue weighted by Crippen LogP contribution is -2.30. The number of benzene rings is 4. The molecule has 1 atom stereocenters. The van der Waals surface area contributed by atoms with E-state index in [9.17, 15) is 4.79 Å². The number of carbonyl (C=O) groups excluding carboxylic acids is 1. The van der Waals surface area contributed by atoms with Crippen LogP contribution in [0, 0.1) is 7.14 Å². The molecule has 1 amide bonds. The Labute approximate surface area is 242 Å². The maximum atomic E-state index is 12.6. The summed E-state index contributed by atoms with van der Waals surface area (Å²) in [5.74, 6) is 0.800. The summed E-state index contributed by atoms with van der Waals surface area (Å²) < 4.78 is 8.31. The van der Waals surface area contributed by atoms with Crippen molar-refractivity contribution in [2.75, 3.05) is 5.32 Å². The predicted octanol–water partition coefficient (Wildman–Crippen LogP) is 7.79. The molecule has 5 rings (SSSR count). The van der Waals surface area contributed by atoms with Gasteiger partial charge < -0.3 is 15.4 Å². The van der Waals surface area contributed by atoms with Crippen LogP contribution in [0.1, 0.15) is 23.6 Å². The Kier molecular flexibility index (Phi) is 8.07. The zero-order valence-electron chi connectivity index (χ0n) is 19.6. The van der Waals surface area contributed by atoms with Crippen LogP contribution < -0.4 is 15.4 Å². The van der Waals surface area contributed by atoms with Gasteiger partial charge in [-0.05, 0) is 109 Å². The number of nitrogens with one attached hydrogen (secondary N) is 2. The molecular formula is C29H24I2N2O2S. The second-order valence-corrected chi connectivity index (χ2v) is 11.9. The lowest BCUT2D eigenvalue weighted by atomic mass is 10.1. The number of carbonyl (C=O) groups is 1. The standard InChI is InChI=1S/C29H24I2N2O2S/c1-2-18-10-12-22(13-11-18)32-29-33-28(34)26(36-29)16-19-14-24(30)27(25(31)15-19)35-17-21-8-5-7-20-6-3-4-9-23(20)21/h3-16,29,32H,2,17H2,1H3,(H,33,34)/b26-16-/t29-/m1/s1. The number of anilines is 1. The highest BCUT2D eigenvalue weighted by atomic mass is 127. The number of hydrogen-bond acceptors (Lipinski definition) is 4. The molecule has 0 saturated carbocycles. The molecule has 4 aromatic carbocycles. The summed E-state index contributed by atoms with van der Waals surface area (Å²) in [6, 6.07) is 27.1. The van der Waals surface area contributed by atoms with E-state index in [1.807, 2.05) is 6.08 Å². The zero-order valence-corrected chi connectivity index (χ0v) is 24.7. The summed E-state index contributed by atoms with van der Waals surface area (Å²) in [4.78, 5) is 13.3. The first-order chi connectivity index (χ1) is 17.5. The van der Waals surface area contributed by atoms with Gasteiger partial charge in [-0.15, -0.1) is 0 Å². The topological polar surface area (TPSA) is 50.4 Å². The quantitative estimate of drug-likeness (QED) is 0.152. The molecule has 1 saturated heterocycles. The van der Waals surface area contributed by atoms with Crippen LogP contribution >= 0.6 is 56.9 Å². The van der Waals surface area contributed by atoms with Crippen molar-refractivity contribution in [1.82, 2.24) is 5.32 Å². The molecule has 36 heavy (non-hydrogen) atoms. The zero-order chi connectivity index (χ0) is 25.1. The number of ether oxygens (including phenoxy) is 1. The van der Waals surface area contributed by atoms with Gasteiger partial charge in [-0.3, -0.25) is 4.79 Å². The molecular weight excluding hydrogens is 694 g/mol. The van der Waals surface area contributed by atoms with E-state index in [0.717, 1.165) is 36.1 Å². The molecule has 1 fully saturated rings. The van der Waals surface area contributed by atoms with E-state index >= 15 is 0 Å². The van der Waals surface area contributed by atoms with Crippen LogP contribution in [0.25, 0.3) is 16.8 Å². The lowest BCUT2D eigenvalue weighted by molar-refractivity contribution is -0.116. The number of thioether (sulfide) groups is 1. The normalized spacial score (nSPS) is 16.4. The third-order valence-corrected chi connectivity index (χ3v) is 8.59. The number of aryl methyl sites for hydroxylation is 1. The van der Waals surface area contributed by atoms with Crippen LogP contribution in [0.2, 0.25) is 0 Å². The van der Waals surface area contributed by atoms with E-state index in [2.05, 4.69) is 142 Å². The Balaban J connectivity index is 1.28. The molecule has 0 radical (unpaired) electrons. The van der Waals surface area contributed by atoms with Gasteiger partial charge in [0.1, 0.15) is 12.4 Å². The lowest BCUT2D eigenvalue weighted by Gasteiger charge is -2.13. The fraction of sp³-hybridized carbons (Fsp3) is 0.138. The first-order valence-corrected chi connectivity index (χ1v) is 14.7. The average molecular weight is 718 g/mol. The van der Waals surface area contributed by atoms with Gasteiger partial charge in [-0.25, -0.2) is 0 Å². The Hall–Kier alpha value is -2.24. The van der Waals surface area contributed by atoms with E-state index in [0.29, 0.717) is 11.5 Å². The maximum Gasteiger partial charge on any atom is 0.260 e. The van der Waals surface area contributed by atoms with Gasteiger partial charge in [0.25, 0.3) is 5.91 Å². The molecule has 0 unspecified atom stereocenters. The van der Waals surface area contributed by atoms with Crippen LogP contribution in [0.4, 0.5) is 5.69 Å². The fourth-order valence-electron chi connectivity index (χ4n) is 4.07. The van der Waals surface area contributed by atoms with E-state index in [1.54, 1.807) is 0 Å². The smallest absolute Gasteiger partial charge is 0.260 e. The summed E-state index contributed by atoms with van der Waals surface area (Å²) in [6.07, 6.45) is 2.95. The molecule has 4 aromatic rings. The molecule has 0 aliphatic carbocycles. The molecule has 2 N–H and O–H groups in total. The molecule has 0 spiro atoms. The Bertz CT molecular complexity index is 1430. The van der Waals surface area contributed by atoms with Gasteiger partial charge in [0.2, 0.25) is 0 Å². The highest BCUT2D eigenvalue weighted by Crippen LogP contribution is 2.34. The van der Waals surface area contributed by atoms with E-state index in [-0.39, 0.29) is 11.4 Å². The number of amides is 1. The summed E-state index contributed by atoms with van der Waals surface area (Å²) in [6.45, 7) is 2.64. The molecule has 7 heteroatoms. The number of fused-ring (bicyclic) bond motifs is 1. The SMILES string of the molecule is CCc1ccc(N[C@@H]2NC(=O)/C(=C/c3cc(I)c(OCc4cccc5ccccc45)c(I)c3)S2)cc1. The highest BCUT2D eigenvalue weighted by molar-refractivity contribution is 14.1. The summed E-state index contributed by atoms with van der Waals surface area (Å²) in [5.41, 5.74) is 4.22. The highest BCUT2D eigenvalue weighted by Gasteiger charge is 2.27. The average Bonchev–Trinajstić information content (AvgIpc) is 3.22. The van der Waals surface area contributed by atoms with Gasteiger partial charge >= 0.3 is 0 Å². The first kappa shape index (κ1) is 25.4. The van der Waals surface area contributed by atoms with E-state index in [4.69, 9.17) is 4.74 Å². The third kappa shape index (κ3) is 5.84. The van der Waals surface area contributed by atoms with Crippen molar-refractivity contribution >= 4 is 85.4 Å². The van der Waals surface area contributed by atoms with Crippen LogP contribution in [-0.4, -0.2) is 11.4 Å².